The number of nitrogen functional groups attached to an aromatic ring is 1. The van der Waals surface area contributed by atoms with Gasteiger partial charge in [-0.15, -0.1) is 5.10 Å². The number of unbranched alkanes of at least 4 members (excludes halogenated alkanes) is 1. The summed E-state index contributed by atoms with van der Waals surface area (Å²) in [4.78, 5) is 4.97. The highest BCUT2D eigenvalue weighted by Crippen LogP contribution is 2.43. The van der Waals surface area contributed by atoms with Gasteiger partial charge in [0.25, 0.3) is 0 Å². The molecular formula is C44H39N7. The van der Waals surface area contributed by atoms with E-state index in [-0.39, 0.29) is 0 Å². The van der Waals surface area contributed by atoms with Crippen LogP contribution in [0.5, 0.6) is 0 Å². The van der Waals surface area contributed by atoms with Crippen molar-refractivity contribution in [2.24, 2.45) is 0 Å². The van der Waals surface area contributed by atoms with Gasteiger partial charge >= 0.3 is 0 Å². The van der Waals surface area contributed by atoms with Crippen LogP contribution in [0, 0.1) is 0 Å². The Labute approximate surface area is 298 Å². The van der Waals surface area contributed by atoms with Crippen molar-refractivity contribution >= 4 is 16.7 Å². The van der Waals surface area contributed by atoms with E-state index in [0.717, 1.165) is 75.2 Å². The Bertz CT molecular complexity index is 2280. The van der Waals surface area contributed by atoms with Gasteiger partial charge in [-0.3, -0.25) is 0 Å². The highest BCUT2D eigenvalue weighted by Gasteiger charge is 2.42. The minimum atomic E-state index is -0.841. The fourth-order valence-electron chi connectivity index (χ4n) is 7.28. The summed E-state index contributed by atoms with van der Waals surface area (Å²) in [6.07, 6.45) is 3.14. The highest BCUT2D eigenvalue weighted by atomic mass is 15.6. The Morgan fingerprint density at radius 1 is 0.647 bits per heavy atom. The third-order valence-electron chi connectivity index (χ3n) is 9.74. The lowest BCUT2D eigenvalue weighted by atomic mass is 9.77. The van der Waals surface area contributed by atoms with Crippen LogP contribution in [0.25, 0.3) is 33.5 Å². The molecule has 0 spiro atoms. The molecule has 0 aliphatic carbocycles. The Morgan fingerprint density at radius 2 is 1.24 bits per heavy atom. The second kappa shape index (κ2) is 13.9. The number of hydrogen-bond donors (Lipinski definition) is 1. The number of nitrogens with zero attached hydrogens (tertiary/aromatic N) is 6. The number of nitrogens with two attached hydrogens (primary N) is 1. The predicted octanol–water partition coefficient (Wildman–Crippen LogP) is 9.17. The van der Waals surface area contributed by atoms with Crippen molar-refractivity contribution in [2.75, 3.05) is 5.73 Å². The molecule has 0 atom stereocenters. The second-order valence-electron chi connectivity index (χ2n) is 12.9. The molecule has 0 saturated heterocycles. The number of tetrazole rings is 1. The van der Waals surface area contributed by atoms with Crippen molar-refractivity contribution < 1.29 is 0 Å². The standard InChI is InChI=1S/C44H39N7/c1-2-3-23-42-46-40-29-28-37(45)30-41(40)50(42)31-32-24-26-33(27-25-32)38-21-13-14-22-39(38)43-47-48-49-51(43)44(34-15-7-4-8-16-34,35-17-9-5-10-18-35)36-19-11-6-12-20-36/h4-22,24-30H,2-3,23,31,45H2,1H3. The van der Waals surface area contributed by atoms with Gasteiger partial charge in [0.15, 0.2) is 5.82 Å². The number of benzene rings is 6. The molecule has 0 aliphatic heterocycles. The number of fused-ring (bicyclic) bond motifs is 1. The number of rotatable bonds is 11. The van der Waals surface area contributed by atoms with Gasteiger partial charge < -0.3 is 10.3 Å². The van der Waals surface area contributed by atoms with Crippen LogP contribution in [0.3, 0.4) is 0 Å². The van der Waals surface area contributed by atoms with E-state index >= 15 is 0 Å². The number of anilines is 1. The molecule has 2 aromatic heterocycles. The quantitative estimate of drug-likeness (QED) is 0.110. The minimum absolute atomic E-state index is 0.675. The van der Waals surface area contributed by atoms with Crippen molar-refractivity contribution in [3.63, 3.8) is 0 Å². The Balaban J connectivity index is 1.23. The van der Waals surface area contributed by atoms with E-state index in [9.17, 15) is 0 Å². The van der Waals surface area contributed by atoms with Gasteiger partial charge in [-0.05, 0) is 68.4 Å². The van der Waals surface area contributed by atoms with Crippen molar-refractivity contribution in [1.29, 1.82) is 0 Å². The van der Waals surface area contributed by atoms with Crippen LogP contribution in [0.4, 0.5) is 5.69 Å². The third-order valence-corrected chi connectivity index (χ3v) is 9.74. The Kier molecular flexibility index (Phi) is 8.68. The average molecular weight is 666 g/mol. The lowest BCUT2D eigenvalue weighted by Crippen LogP contribution is -2.39. The number of aryl methyl sites for hydroxylation is 1. The van der Waals surface area contributed by atoms with Gasteiger partial charge in [-0.25, -0.2) is 9.67 Å². The Morgan fingerprint density at radius 3 is 1.84 bits per heavy atom. The van der Waals surface area contributed by atoms with Crippen LogP contribution in [0.2, 0.25) is 0 Å². The van der Waals surface area contributed by atoms with Gasteiger partial charge in [0, 0.05) is 24.2 Å². The molecule has 0 amide bonds. The van der Waals surface area contributed by atoms with Crippen LogP contribution in [0.15, 0.2) is 158 Å². The summed E-state index contributed by atoms with van der Waals surface area (Å²) < 4.78 is 4.31. The van der Waals surface area contributed by atoms with Gasteiger partial charge in [0.05, 0.1) is 11.0 Å². The Hall–Kier alpha value is -6.34. The zero-order chi connectivity index (χ0) is 34.6. The fourth-order valence-corrected chi connectivity index (χ4v) is 7.28. The summed E-state index contributed by atoms with van der Waals surface area (Å²) in [7, 11) is 0. The molecule has 250 valence electrons. The van der Waals surface area contributed by atoms with Gasteiger partial charge in [-0.2, -0.15) is 0 Å². The van der Waals surface area contributed by atoms with Gasteiger partial charge in [0.1, 0.15) is 11.4 Å². The summed E-state index contributed by atoms with van der Waals surface area (Å²) in [6.45, 7) is 2.93. The van der Waals surface area contributed by atoms with Crippen LogP contribution in [0.1, 0.15) is 47.8 Å². The van der Waals surface area contributed by atoms with Crippen molar-refractivity contribution in [2.45, 2.75) is 38.3 Å². The number of hydrogen-bond acceptors (Lipinski definition) is 5. The molecule has 8 rings (SSSR count). The molecule has 2 N–H and O–H groups in total. The molecule has 0 bridgehead atoms. The molecule has 0 aliphatic rings. The number of imidazole rings is 1. The smallest absolute Gasteiger partial charge is 0.184 e. The summed E-state index contributed by atoms with van der Waals surface area (Å²) in [5.74, 6) is 1.77. The van der Waals surface area contributed by atoms with Crippen molar-refractivity contribution in [3.8, 4) is 22.5 Å². The van der Waals surface area contributed by atoms with E-state index in [1.54, 1.807) is 0 Å². The molecule has 0 fully saturated rings. The van der Waals surface area contributed by atoms with Gasteiger partial charge in [-0.1, -0.05) is 153 Å². The number of aromatic nitrogens is 6. The molecule has 7 heteroatoms. The zero-order valence-corrected chi connectivity index (χ0v) is 28.6. The van der Waals surface area contributed by atoms with E-state index in [1.165, 1.54) is 5.56 Å². The first-order valence-corrected chi connectivity index (χ1v) is 17.6. The lowest BCUT2D eigenvalue weighted by Gasteiger charge is -2.36. The maximum absolute atomic E-state index is 6.21. The summed E-state index contributed by atoms with van der Waals surface area (Å²) >= 11 is 0. The van der Waals surface area contributed by atoms with Crippen molar-refractivity contribution in [3.05, 3.63) is 186 Å². The zero-order valence-electron chi connectivity index (χ0n) is 28.6. The first kappa shape index (κ1) is 31.9. The van der Waals surface area contributed by atoms with E-state index < -0.39 is 5.54 Å². The molecule has 0 saturated carbocycles. The largest absolute Gasteiger partial charge is 0.399 e. The molecule has 51 heavy (non-hydrogen) atoms. The lowest BCUT2D eigenvalue weighted by molar-refractivity contribution is 0.451. The second-order valence-corrected chi connectivity index (χ2v) is 12.9. The van der Waals surface area contributed by atoms with E-state index in [0.29, 0.717) is 12.4 Å². The fraction of sp³-hybridized carbons (Fsp3) is 0.136. The molecule has 0 radical (unpaired) electrons. The SMILES string of the molecule is CCCCc1nc2ccc(N)cc2n1Cc1ccc(-c2ccccc2-c2nnnn2C(c2ccccc2)(c2ccccc2)c2ccccc2)cc1. The van der Waals surface area contributed by atoms with Crippen LogP contribution in [-0.2, 0) is 18.5 Å². The maximum Gasteiger partial charge on any atom is 0.184 e. The first-order chi connectivity index (χ1) is 25.2. The van der Waals surface area contributed by atoms with Crippen LogP contribution < -0.4 is 5.73 Å². The third kappa shape index (κ3) is 5.87. The summed E-state index contributed by atoms with van der Waals surface area (Å²) in [5.41, 5.74) is 15.6. The molecule has 7 nitrogen and oxygen atoms in total. The first-order valence-electron chi connectivity index (χ1n) is 17.6. The van der Waals surface area contributed by atoms with E-state index in [1.807, 2.05) is 41.1 Å². The normalized spacial score (nSPS) is 11.6. The topological polar surface area (TPSA) is 87.4 Å². The molecule has 2 heterocycles. The van der Waals surface area contributed by atoms with E-state index in [4.69, 9.17) is 21.0 Å². The summed E-state index contributed by atoms with van der Waals surface area (Å²) in [6, 6.07) is 54.7. The monoisotopic (exact) mass is 665 g/mol. The molecule has 8 aromatic rings. The highest BCUT2D eigenvalue weighted by molar-refractivity contribution is 5.82. The molecule has 0 unspecified atom stereocenters. The molecular weight excluding hydrogens is 627 g/mol. The van der Waals surface area contributed by atoms with Gasteiger partial charge in [0.2, 0.25) is 0 Å². The van der Waals surface area contributed by atoms with Crippen molar-refractivity contribution in [1.82, 2.24) is 29.8 Å². The maximum atomic E-state index is 6.21. The average Bonchev–Trinajstić information content (AvgIpc) is 3.81. The minimum Gasteiger partial charge on any atom is -0.399 e. The van der Waals surface area contributed by atoms with E-state index in [2.05, 4.69) is 138 Å². The van der Waals surface area contributed by atoms with Crippen LogP contribution >= 0.6 is 0 Å². The predicted molar refractivity (Wildman–Crippen MR) is 205 cm³/mol. The summed E-state index contributed by atoms with van der Waals surface area (Å²) in [5, 5.41) is 13.9. The molecule has 6 aromatic carbocycles. The van der Waals surface area contributed by atoms with Crippen LogP contribution in [-0.4, -0.2) is 29.8 Å².